The monoisotopic (exact) mass is 630 g/mol. The Labute approximate surface area is 269 Å². The van der Waals surface area contributed by atoms with E-state index in [9.17, 15) is 15.0 Å². The van der Waals surface area contributed by atoms with Gasteiger partial charge in [0.15, 0.2) is 5.60 Å². The number of carbonyl (C=O) groups excluding carboxylic acids is 2. The fourth-order valence-corrected chi connectivity index (χ4v) is 7.61. The molecule has 2 bridgehead atoms. The molecule has 3 aromatic rings. The number of hydrogen-bond acceptors (Lipinski definition) is 8. The second-order valence-corrected chi connectivity index (χ2v) is 12.4. The van der Waals surface area contributed by atoms with Gasteiger partial charge in [-0.1, -0.05) is 56.3 Å². The number of benzene rings is 3. The number of amides is 2. The summed E-state index contributed by atoms with van der Waals surface area (Å²) >= 11 is 0. The van der Waals surface area contributed by atoms with Gasteiger partial charge >= 0.3 is 0 Å². The van der Waals surface area contributed by atoms with Crippen molar-refractivity contribution in [1.82, 2.24) is 10.2 Å². The van der Waals surface area contributed by atoms with Crippen LogP contribution < -0.4 is 24.3 Å². The van der Waals surface area contributed by atoms with Crippen LogP contribution in [-0.2, 0) is 20.8 Å². The van der Waals surface area contributed by atoms with Crippen LogP contribution >= 0.6 is 0 Å². The third kappa shape index (κ3) is 4.69. The van der Waals surface area contributed by atoms with E-state index >= 15 is 4.79 Å². The smallest absolute Gasteiger partial charge is 0.232 e. The van der Waals surface area contributed by atoms with E-state index in [1.54, 1.807) is 48.4 Å². The fraction of sp³-hybridized carbons (Fsp3) is 0.444. The van der Waals surface area contributed by atoms with Crippen LogP contribution in [0.1, 0.15) is 55.7 Å². The van der Waals surface area contributed by atoms with E-state index in [1.165, 1.54) is 14.2 Å². The number of methoxy groups -OCH3 is 3. The average molecular weight is 631 g/mol. The minimum absolute atomic E-state index is 0.124. The molecule has 2 fully saturated rings. The molecule has 3 aromatic carbocycles. The Morgan fingerprint density at radius 2 is 1.72 bits per heavy atom. The number of nitrogens with zero attached hydrogens (tertiary/aromatic N) is 1. The number of carbonyl (C=O) groups is 2. The van der Waals surface area contributed by atoms with Crippen LogP contribution in [0.2, 0.25) is 0 Å². The lowest BCUT2D eigenvalue weighted by molar-refractivity contribution is -0.163. The molecular formula is C36H42N2O8. The molecule has 2 heterocycles. The maximum Gasteiger partial charge on any atom is 0.232 e. The third-order valence-corrected chi connectivity index (χ3v) is 10.1. The van der Waals surface area contributed by atoms with Gasteiger partial charge in [-0.15, -0.1) is 0 Å². The van der Waals surface area contributed by atoms with Crippen molar-refractivity contribution in [3.05, 3.63) is 83.4 Å². The molecule has 0 unspecified atom stereocenters. The second-order valence-electron chi connectivity index (χ2n) is 12.4. The standard InChI is InChI=1S/C36H42N2O8/c1-6-21(2)32(39)37-28-13-10-18-38(28)33(40)31-29(22-11-8-7-9-12-22)35(42)30-26(45-5)19-25(44-4)20-27(30)46-36(31,34(35)41)23-14-16-24(43-3)17-15-23/h7-9,11-12,14-17,19-21,28-29,31,34,41-42H,6,10,13,18H2,1-5H3,(H,37,39)/t21-,28+,29+,31-,34-,35-,36+/m0/s1. The van der Waals surface area contributed by atoms with Crippen molar-refractivity contribution in [2.75, 3.05) is 27.9 Å². The van der Waals surface area contributed by atoms with Crippen LogP contribution in [0.3, 0.4) is 0 Å². The van der Waals surface area contributed by atoms with Gasteiger partial charge in [-0.05, 0) is 42.5 Å². The van der Waals surface area contributed by atoms with Gasteiger partial charge in [0.2, 0.25) is 11.8 Å². The second kappa shape index (κ2) is 12.1. The minimum Gasteiger partial charge on any atom is -0.497 e. The van der Waals surface area contributed by atoms with Crippen molar-refractivity contribution in [1.29, 1.82) is 0 Å². The summed E-state index contributed by atoms with van der Waals surface area (Å²) in [6.07, 6.45) is -0.206. The molecule has 3 aliphatic rings. The van der Waals surface area contributed by atoms with Gasteiger partial charge in [-0.25, -0.2) is 0 Å². The summed E-state index contributed by atoms with van der Waals surface area (Å²) in [6.45, 7) is 4.21. The highest BCUT2D eigenvalue weighted by atomic mass is 16.5. The zero-order valence-electron chi connectivity index (χ0n) is 26.9. The molecule has 1 saturated heterocycles. The number of ether oxygens (including phenoxy) is 4. The van der Waals surface area contributed by atoms with Crippen LogP contribution in [0.15, 0.2) is 66.7 Å². The molecular weight excluding hydrogens is 588 g/mol. The zero-order chi connectivity index (χ0) is 32.8. The molecule has 1 aliphatic carbocycles. The first-order chi connectivity index (χ1) is 22.1. The lowest BCUT2D eigenvalue weighted by Gasteiger charge is -2.45. The minimum atomic E-state index is -2.04. The molecule has 3 N–H and O–H groups in total. The number of aliphatic hydroxyl groups excluding tert-OH is 1. The van der Waals surface area contributed by atoms with Gasteiger partial charge < -0.3 is 39.4 Å². The van der Waals surface area contributed by atoms with E-state index in [4.69, 9.17) is 18.9 Å². The summed E-state index contributed by atoms with van der Waals surface area (Å²) in [4.78, 5) is 29.9. The van der Waals surface area contributed by atoms with Crippen LogP contribution in [0.4, 0.5) is 0 Å². The summed E-state index contributed by atoms with van der Waals surface area (Å²) in [5.74, 6) is -1.29. The van der Waals surface area contributed by atoms with Crippen LogP contribution in [0.25, 0.3) is 0 Å². The third-order valence-electron chi connectivity index (χ3n) is 10.1. The number of hydrogen-bond donors (Lipinski definition) is 3. The Kier molecular flexibility index (Phi) is 8.37. The van der Waals surface area contributed by atoms with E-state index in [1.807, 2.05) is 44.2 Å². The first kappa shape index (κ1) is 31.7. The molecule has 10 heteroatoms. The summed E-state index contributed by atoms with van der Waals surface area (Å²) in [7, 11) is 4.54. The number of rotatable bonds is 9. The maximum absolute atomic E-state index is 15.2. The summed E-state index contributed by atoms with van der Waals surface area (Å²) in [5, 5.41) is 28.8. The molecule has 0 aromatic heterocycles. The topological polar surface area (TPSA) is 127 Å². The van der Waals surface area contributed by atoms with Crippen molar-refractivity contribution >= 4 is 11.8 Å². The normalized spacial score (nSPS) is 28.5. The van der Waals surface area contributed by atoms with E-state index in [0.717, 1.165) is 0 Å². The lowest BCUT2D eigenvalue weighted by Crippen LogP contribution is -2.58. The van der Waals surface area contributed by atoms with Crippen LogP contribution in [-0.4, -0.2) is 67.1 Å². The van der Waals surface area contributed by atoms with Gasteiger partial charge in [0.25, 0.3) is 0 Å². The van der Waals surface area contributed by atoms with E-state index in [0.29, 0.717) is 48.4 Å². The Morgan fingerprint density at radius 1 is 1.02 bits per heavy atom. The largest absolute Gasteiger partial charge is 0.497 e. The number of likely N-dealkylation sites (tertiary alicyclic amines) is 1. The fourth-order valence-electron chi connectivity index (χ4n) is 7.61. The van der Waals surface area contributed by atoms with E-state index in [-0.39, 0.29) is 34.8 Å². The SMILES string of the molecule is CC[C@H](C)C(=O)N[C@H]1CCCN1C(=O)[C@@H]1[C@@H](c2ccccc2)[C@]2(O)c3c(OC)cc(OC)cc3O[C@@]1(c1ccc(OC)cc1)[C@H]2O. The Hall–Kier alpha value is -4.28. The van der Waals surface area contributed by atoms with Gasteiger partial charge in [0.1, 0.15) is 40.9 Å². The molecule has 10 nitrogen and oxygen atoms in total. The number of fused-ring (bicyclic) bond motifs is 4. The van der Waals surface area contributed by atoms with Gasteiger partial charge in [0.05, 0.1) is 32.8 Å². The predicted octanol–water partition coefficient (Wildman–Crippen LogP) is 4.07. The first-order valence-corrected chi connectivity index (χ1v) is 15.8. The Morgan fingerprint density at radius 3 is 2.35 bits per heavy atom. The highest BCUT2D eigenvalue weighted by molar-refractivity contribution is 5.86. The molecule has 1 saturated carbocycles. The maximum atomic E-state index is 15.2. The Bertz CT molecular complexity index is 1600. The van der Waals surface area contributed by atoms with Gasteiger partial charge in [-0.2, -0.15) is 0 Å². The lowest BCUT2D eigenvalue weighted by atomic mass is 9.74. The zero-order valence-corrected chi connectivity index (χ0v) is 26.9. The number of aliphatic hydroxyl groups is 2. The van der Waals surface area contributed by atoms with Gasteiger partial charge in [-0.3, -0.25) is 9.59 Å². The molecule has 6 rings (SSSR count). The molecule has 0 spiro atoms. The quantitative estimate of drug-likeness (QED) is 0.323. The van der Waals surface area contributed by atoms with Crippen molar-refractivity contribution in [2.45, 2.75) is 62.5 Å². The van der Waals surface area contributed by atoms with Gasteiger partial charge in [0, 0.05) is 30.5 Å². The average Bonchev–Trinajstić information content (AvgIpc) is 3.59. The summed E-state index contributed by atoms with van der Waals surface area (Å²) < 4.78 is 23.6. The Balaban J connectivity index is 1.60. The van der Waals surface area contributed by atoms with Crippen molar-refractivity contribution in [3.8, 4) is 23.0 Å². The van der Waals surface area contributed by atoms with Crippen LogP contribution in [0, 0.1) is 11.8 Å². The molecule has 0 radical (unpaired) electrons. The number of nitrogens with one attached hydrogen (secondary N) is 1. The highest BCUT2D eigenvalue weighted by Crippen LogP contribution is 2.68. The summed E-state index contributed by atoms with van der Waals surface area (Å²) in [5.41, 5.74) is -2.42. The first-order valence-electron chi connectivity index (χ1n) is 15.8. The molecule has 244 valence electrons. The van der Waals surface area contributed by atoms with Crippen molar-refractivity contribution in [3.63, 3.8) is 0 Å². The van der Waals surface area contributed by atoms with E-state index in [2.05, 4.69) is 5.32 Å². The van der Waals surface area contributed by atoms with Crippen LogP contribution in [0.5, 0.6) is 23.0 Å². The molecule has 46 heavy (non-hydrogen) atoms. The summed E-state index contributed by atoms with van der Waals surface area (Å²) in [6, 6.07) is 19.5. The van der Waals surface area contributed by atoms with Crippen molar-refractivity contribution < 1.29 is 38.7 Å². The van der Waals surface area contributed by atoms with E-state index < -0.39 is 35.3 Å². The highest BCUT2D eigenvalue weighted by Gasteiger charge is 2.76. The molecule has 2 aliphatic heterocycles. The molecule has 7 atom stereocenters. The van der Waals surface area contributed by atoms with Crippen molar-refractivity contribution in [2.24, 2.45) is 11.8 Å². The molecule has 2 amide bonds. The predicted molar refractivity (Wildman–Crippen MR) is 170 cm³/mol.